The van der Waals surface area contributed by atoms with Crippen molar-refractivity contribution in [3.8, 4) is 5.75 Å². The third-order valence-corrected chi connectivity index (χ3v) is 4.23. The molecule has 7 heteroatoms. The molecule has 0 unspecified atom stereocenters. The van der Waals surface area contributed by atoms with E-state index in [1.165, 1.54) is 0 Å². The van der Waals surface area contributed by atoms with Crippen LogP contribution in [0, 0.1) is 6.92 Å². The van der Waals surface area contributed by atoms with Gasteiger partial charge in [-0.25, -0.2) is 4.68 Å². The van der Waals surface area contributed by atoms with Gasteiger partial charge in [0.1, 0.15) is 5.75 Å². The lowest BCUT2D eigenvalue weighted by atomic mass is 10.1. The van der Waals surface area contributed by atoms with Crippen molar-refractivity contribution in [3.63, 3.8) is 0 Å². The van der Waals surface area contributed by atoms with Gasteiger partial charge >= 0.3 is 0 Å². The van der Waals surface area contributed by atoms with E-state index < -0.39 is 0 Å². The van der Waals surface area contributed by atoms with Crippen molar-refractivity contribution in [3.05, 3.63) is 35.7 Å². The fraction of sp³-hybridized carbons (Fsp3) is 0.471. The minimum absolute atomic E-state index is 0.264. The standard InChI is InChI=1S/C17H23N5O2/c1-3-24-15-7-5-4-6-14(15)19-17(23)16-12(2)22(21-20-16)13-8-10-18-11-9-13/h4-7,13,18H,3,8-11H2,1-2H3,(H,19,23). The largest absolute Gasteiger partial charge is 0.492 e. The number of piperidine rings is 1. The minimum Gasteiger partial charge on any atom is -0.492 e. The second kappa shape index (κ2) is 7.44. The van der Waals surface area contributed by atoms with Gasteiger partial charge in [-0.15, -0.1) is 5.10 Å². The lowest BCUT2D eigenvalue weighted by molar-refractivity contribution is 0.102. The van der Waals surface area contributed by atoms with E-state index in [0.717, 1.165) is 31.6 Å². The predicted molar refractivity (Wildman–Crippen MR) is 91.5 cm³/mol. The number of nitrogens with one attached hydrogen (secondary N) is 2. The van der Waals surface area contributed by atoms with E-state index in [1.54, 1.807) is 0 Å². The Morgan fingerprint density at radius 3 is 2.88 bits per heavy atom. The van der Waals surface area contributed by atoms with Gasteiger partial charge in [-0.3, -0.25) is 4.79 Å². The summed E-state index contributed by atoms with van der Waals surface area (Å²) in [5.74, 6) is 0.386. The Kier molecular flexibility index (Phi) is 5.10. The van der Waals surface area contributed by atoms with Crippen LogP contribution in [0.1, 0.15) is 42.0 Å². The Morgan fingerprint density at radius 1 is 1.38 bits per heavy atom. The van der Waals surface area contributed by atoms with E-state index in [1.807, 2.05) is 42.8 Å². The molecule has 1 fully saturated rings. The van der Waals surface area contributed by atoms with Gasteiger partial charge in [-0.1, -0.05) is 17.3 Å². The first-order valence-corrected chi connectivity index (χ1v) is 8.36. The first-order chi connectivity index (χ1) is 11.7. The van der Waals surface area contributed by atoms with Gasteiger partial charge in [0, 0.05) is 0 Å². The topological polar surface area (TPSA) is 81.1 Å². The number of anilines is 1. The van der Waals surface area contributed by atoms with E-state index in [4.69, 9.17) is 4.74 Å². The van der Waals surface area contributed by atoms with E-state index in [2.05, 4.69) is 20.9 Å². The highest BCUT2D eigenvalue weighted by Gasteiger charge is 2.23. The maximum atomic E-state index is 12.6. The van der Waals surface area contributed by atoms with Gasteiger partial charge < -0.3 is 15.4 Å². The molecule has 24 heavy (non-hydrogen) atoms. The SMILES string of the molecule is CCOc1ccccc1NC(=O)c1nnn(C2CCNCC2)c1C. The van der Waals surface area contributed by atoms with Gasteiger partial charge in [-0.05, 0) is 51.9 Å². The summed E-state index contributed by atoms with van der Waals surface area (Å²) in [6.45, 7) is 6.27. The van der Waals surface area contributed by atoms with Crippen molar-refractivity contribution < 1.29 is 9.53 Å². The molecule has 0 saturated carbocycles. The van der Waals surface area contributed by atoms with Gasteiger partial charge in [0.05, 0.1) is 24.0 Å². The highest BCUT2D eigenvalue weighted by atomic mass is 16.5. The van der Waals surface area contributed by atoms with Gasteiger partial charge in [0.15, 0.2) is 5.69 Å². The summed E-state index contributed by atoms with van der Waals surface area (Å²) >= 11 is 0. The van der Waals surface area contributed by atoms with E-state index in [0.29, 0.717) is 29.8 Å². The Labute approximate surface area is 141 Å². The van der Waals surface area contributed by atoms with Crippen molar-refractivity contribution >= 4 is 11.6 Å². The van der Waals surface area contributed by atoms with Crippen LogP contribution in [-0.4, -0.2) is 40.6 Å². The zero-order valence-corrected chi connectivity index (χ0v) is 14.1. The van der Waals surface area contributed by atoms with Crippen LogP contribution in [0.2, 0.25) is 0 Å². The third kappa shape index (κ3) is 3.41. The molecule has 7 nitrogen and oxygen atoms in total. The molecule has 0 aliphatic carbocycles. The van der Waals surface area contributed by atoms with Crippen LogP contribution in [0.4, 0.5) is 5.69 Å². The summed E-state index contributed by atoms with van der Waals surface area (Å²) in [4.78, 5) is 12.6. The summed E-state index contributed by atoms with van der Waals surface area (Å²) in [5.41, 5.74) is 1.80. The molecule has 2 heterocycles. The molecule has 1 saturated heterocycles. The quantitative estimate of drug-likeness (QED) is 0.878. The van der Waals surface area contributed by atoms with Crippen molar-refractivity contribution in [1.29, 1.82) is 0 Å². The first kappa shape index (κ1) is 16.4. The normalized spacial score (nSPS) is 15.2. The number of carbonyl (C=O) groups excluding carboxylic acids is 1. The second-order valence-corrected chi connectivity index (χ2v) is 5.83. The molecule has 0 atom stereocenters. The predicted octanol–water partition coefficient (Wildman–Crippen LogP) is 2.16. The maximum absolute atomic E-state index is 12.6. The monoisotopic (exact) mass is 329 g/mol. The molecular formula is C17H23N5O2. The molecule has 1 amide bonds. The number of amides is 1. The van der Waals surface area contributed by atoms with Gasteiger partial charge in [-0.2, -0.15) is 0 Å². The molecule has 3 rings (SSSR count). The van der Waals surface area contributed by atoms with E-state index in [9.17, 15) is 4.79 Å². The lowest BCUT2D eigenvalue weighted by Gasteiger charge is -2.23. The Balaban J connectivity index is 1.77. The number of aromatic nitrogens is 3. The number of ether oxygens (including phenoxy) is 1. The van der Waals surface area contributed by atoms with E-state index >= 15 is 0 Å². The van der Waals surface area contributed by atoms with Crippen LogP contribution in [-0.2, 0) is 0 Å². The van der Waals surface area contributed by atoms with Crippen molar-refractivity contribution in [2.75, 3.05) is 25.0 Å². The molecule has 1 aliphatic heterocycles. The van der Waals surface area contributed by atoms with Crippen molar-refractivity contribution in [2.24, 2.45) is 0 Å². The fourth-order valence-corrected chi connectivity index (χ4v) is 2.98. The molecule has 2 aromatic rings. The van der Waals surface area contributed by atoms with Crippen LogP contribution < -0.4 is 15.4 Å². The minimum atomic E-state index is -0.264. The molecule has 0 radical (unpaired) electrons. The molecular weight excluding hydrogens is 306 g/mol. The molecule has 128 valence electrons. The highest BCUT2D eigenvalue weighted by Crippen LogP contribution is 2.25. The molecule has 0 spiro atoms. The number of carbonyl (C=O) groups is 1. The van der Waals surface area contributed by atoms with Crippen LogP contribution >= 0.6 is 0 Å². The molecule has 2 N–H and O–H groups in total. The van der Waals surface area contributed by atoms with Crippen molar-refractivity contribution in [1.82, 2.24) is 20.3 Å². The summed E-state index contributed by atoms with van der Waals surface area (Å²) in [7, 11) is 0. The van der Waals surface area contributed by atoms with Crippen LogP contribution in [0.3, 0.4) is 0 Å². The summed E-state index contributed by atoms with van der Waals surface area (Å²) < 4.78 is 7.42. The number of para-hydroxylation sites is 2. The maximum Gasteiger partial charge on any atom is 0.278 e. The average Bonchev–Trinajstić information content (AvgIpc) is 2.99. The number of hydrogen-bond acceptors (Lipinski definition) is 5. The summed E-state index contributed by atoms with van der Waals surface area (Å²) in [6.07, 6.45) is 2.00. The highest BCUT2D eigenvalue weighted by molar-refractivity contribution is 6.04. The van der Waals surface area contributed by atoms with Crippen molar-refractivity contribution in [2.45, 2.75) is 32.7 Å². The number of rotatable bonds is 5. The third-order valence-electron chi connectivity index (χ3n) is 4.23. The molecule has 0 bridgehead atoms. The second-order valence-electron chi connectivity index (χ2n) is 5.83. The van der Waals surface area contributed by atoms with Gasteiger partial charge in [0.25, 0.3) is 5.91 Å². The number of nitrogens with zero attached hydrogens (tertiary/aromatic N) is 3. The smallest absolute Gasteiger partial charge is 0.278 e. The van der Waals surface area contributed by atoms with Crippen LogP contribution in [0.15, 0.2) is 24.3 Å². The molecule has 1 aliphatic rings. The summed E-state index contributed by atoms with van der Waals surface area (Å²) in [5, 5.41) is 14.5. The van der Waals surface area contributed by atoms with Crippen LogP contribution in [0.5, 0.6) is 5.75 Å². The Bertz CT molecular complexity index is 707. The van der Waals surface area contributed by atoms with E-state index in [-0.39, 0.29) is 5.91 Å². The van der Waals surface area contributed by atoms with Gasteiger partial charge in [0.2, 0.25) is 0 Å². The fourth-order valence-electron chi connectivity index (χ4n) is 2.98. The zero-order valence-electron chi connectivity index (χ0n) is 14.1. The van der Waals surface area contributed by atoms with Crippen LogP contribution in [0.25, 0.3) is 0 Å². The average molecular weight is 329 g/mol. The first-order valence-electron chi connectivity index (χ1n) is 8.36. The Hall–Kier alpha value is -2.41. The zero-order chi connectivity index (χ0) is 16.9. The summed E-state index contributed by atoms with van der Waals surface area (Å²) in [6, 6.07) is 7.68. The Morgan fingerprint density at radius 2 is 2.12 bits per heavy atom. The molecule has 1 aromatic heterocycles. The lowest BCUT2D eigenvalue weighted by Crippen LogP contribution is -2.30. The number of hydrogen-bond donors (Lipinski definition) is 2. The number of benzene rings is 1. The molecule has 1 aromatic carbocycles.